The highest BCUT2D eigenvalue weighted by Crippen LogP contribution is 2.29. The Kier molecular flexibility index (Phi) is 3.40. The van der Waals surface area contributed by atoms with Gasteiger partial charge in [-0.15, -0.1) is 0 Å². The van der Waals surface area contributed by atoms with Crippen molar-refractivity contribution in [3.05, 3.63) is 65.9 Å². The first-order valence-corrected chi connectivity index (χ1v) is 6.74. The first kappa shape index (κ1) is 13.3. The predicted octanol–water partition coefficient (Wildman–Crippen LogP) is 4.00. The summed E-state index contributed by atoms with van der Waals surface area (Å²) in [5.74, 6) is -0.422. The minimum absolute atomic E-state index is 0.327. The van der Waals surface area contributed by atoms with Crippen LogP contribution in [-0.2, 0) is 4.74 Å². The van der Waals surface area contributed by atoms with Crippen LogP contribution in [0, 0.1) is 6.92 Å². The lowest BCUT2D eigenvalue weighted by Crippen LogP contribution is -2.05. The van der Waals surface area contributed by atoms with Crippen LogP contribution in [0.4, 0.5) is 0 Å². The van der Waals surface area contributed by atoms with Crippen LogP contribution < -0.4 is 0 Å². The van der Waals surface area contributed by atoms with Crippen LogP contribution in [0.1, 0.15) is 16.1 Å². The molecule has 0 aliphatic carbocycles. The minimum Gasteiger partial charge on any atom is -0.464 e. The molecule has 104 valence electrons. The molecule has 0 spiro atoms. The summed E-state index contributed by atoms with van der Waals surface area (Å²) in [6, 6.07) is 17.8. The second kappa shape index (κ2) is 5.37. The van der Waals surface area contributed by atoms with Gasteiger partial charge in [0.2, 0.25) is 0 Å². The van der Waals surface area contributed by atoms with E-state index >= 15 is 0 Å². The molecular weight excluding hydrogens is 262 g/mol. The average molecular weight is 277 g/mol. The highest BCUT2D eigenvalue weighted by atomic mass is 16.5. The fourth-order valence-electron chi connectivity index (χ4n) is 2.41. The van der Waals surface area contributed by atoms with E-state index in [9.17, 15) is 4.79 Å². The van der Waals surface area contributed by atoms with Gasteiger partial charge in [-0.1, -0.05) is 42.0 Å². The number of ether oxygens (including phenoxy) is 1. The Balaban J connectivity index is 2.33. The van der Waals surface area contributed by atoms with Crippen LogP contribution in [0.3, 0.4) is 0 Å². The lowest BCUT2D eigenvalue weighted by molar-refractivity contribution is 0.0594. The van der Waals surface area contributed by atoms with E-state index in [2.05, 4.69) is 11.1 Å². The zero-order chi connectivity index (χ0) is 14.8. The zero-order valence-corrected chi connectivity index (χ0v) is 12.0. The van der Waals surface area contributed by atoms with Gasteiger partial charge in [-0.25, -0.2) is 9.78 Å². The van der Waals surface area contributed by atoms with Crippen molar-refractivity contribution in [1.29, 1.82) is 0 Å². The van der Waals surface area contributed by atoms with Crippen LogP contribution in [0.15, 0.2) is 54.6 Å². The van der Waals surface area contributed by atoms with Crippen LogP contribution in [0.5, 0.6) is 0 Å². The summed E-state index contributed by atoms with van der Waals surface area (Å²) in [4.78, 5) is 16.2. The standard InChI is InChI=1S/C18H15NO2/c1-12-8-9-16-15(10-12)14(13-6-4-3-5-7-13)11-17(19-16)18(20)21-2/h3-11H,1-2H3. The van der Waals surface area contributed by atoms with E-state index in [1.54, 1.807) is 6.07 Å². The van der Waals surface area contributed by atoms with Gasteiger partial charge in [0.05, 0.1) is 12.6 Å². The van der Waals surface area contributed by atoms with Gasteiger partial charge in [-0.05, 0) is 36.2 Å². The first-order valence-electron chi connectivity index (χ1n) is 6.74. The number of benzene rings is 2. The average Bonchev–Trinajstić information content (AvgIpc) is 2.54. The van der Waals surface area contributed by atoms with Gasteiger partial charge in [0.15, 0.2) is 0 Å². The van der Waals surface area contributed by atoms with Crippen molar-refractivity contribution in [1.82, 2.24) is 4.98 Å². The number of aromatic nitrogens is 1. The van der Waals surface area contributed by atoms with Crippen LogP contribution in [0.2, 0.25) is 0 Å². The number of aryl methyl sites for hydroxylation is 1. The predicted molar refractivity (Wildman–Crippen MR) is 83.3 cm³/mol. The van der Waals surface area contributed by atoms with E-state index in [1.807, 2.05) is 49.4 Å². The van der Waals surface area contributed by atoms with E-state index in [4.69, 9.17) is 4.74 Å². The number of hydrogen-bond acceptors (Lipinski definition) is 3. The number of fused-ring (bicyclic) bond motifs is 1. The molecule has 0 fully saturated rings. The summed E-state index contributed by atoms with van der Waals surface area (Å²) in [7, 11) is 1.37. The smallest absolute Gasteiger partial charge is 0.356 e. The fraction of sp³-hybridized carbons (Fsp3) is 0.111. The maximum atomic E-state index is 11.8. The third-order valence-corrected chi connectivity index (χ3v) is 3.44. The Morgan fingerprint density at radius 2 is 1.81 bits per heavy atom. The van der Waals surface area contributed by atoms with Crippen molar-refractivity contribution < 1.29 is 9.53 Å². The zero-order valence-electron chi connectivity index (χ0n) is 12.0. The van der Waals surface area contributed by atoms with Gasteiger partial charge in [0, 0.05) is 5.39 Å². The molecule has 1 aromatic heterocycles. The van der Waals surface area contributed by atoms with Gasteiger partial charge in [-0.3, -0.25) is 0 Å². The maximum Gasteiger partial charge on any atom is 0.356 e. The number of methoxy groups -OCH3 is 1. The number of hydrogen-bond donors (Lipinski definition) is 0. The van der Waals surface area contributed by atoms with E-state index < -0.39 is 5.97 Å². The monoisotopic (exact) mass is 277 g/mol. The molecule has 1 heterocycles. The molecule has 0 atom stereocenters. The van der Waals surface area contributed by atoms with Crippen molar-refractivity contribution >= 4 is 16.9 Å². The summed E-state index contributed by atoms with van der Waals surface area (Å²) in [6.07, 6.45) is 0. The first-order chi connectivity index (χ1) is 10.2. The third-order valence-electron chi connectivity index (χ3n) is 3.44. The number of carbonyl (C=O) groups is 1. The highest BCUT2D eigenvalue weighted by Gasteiger charge is 2.13. The molecule has 0 saturated carbocycles. The summed E-state index contributed by atoms with van der Waals surface area (Å²) in [5.41, 5.74) is 4.33. The lowest BCUT2D eigenvalue weighted by atomic mass is 9.99. The molecule has 3 nitrogen and oxygen atoms in total. The summed E-state index contributed by atoms with van der Waals surface area (Å²) in [6.45, 7) is 2.04. The maximum absolute atomic E-state index is 11.8. The highest BCUT2D eigenvalue weighted by molar-refractivity contribution is 5.99. The van der Waals surface area contributed by atoms with E-state index in [0.29, 0.717) is 5.69 Å². The molecule has 0 aliphatic heterocycles. The topological polar surface area (TPSA) is 39.2 Å². The van der Waals surface area contributed by atoms with Gasteiger partial charge < -0.3 is 4.74 Å². The van der Waals surface area contributed by atoms with E-state index in [0.717, 1.165) is 27.6 Å². The molecule has 0 saturated heterocycles. The van der Waals surface area contributed by atoms with E-state index in [-0.39, 0.29) is 0 Å². The SMILES string of the molecule is COC(=O)c1cc(-c2ccccc2)c2cc(C)ccc2n1. The molecule has 0 aliphatic rings. The van der Waals surface area contributed by atoms with Gasteiger partial charge >= 0.3 is 5.97 Å². The molecule has 2 aromatic carbocycles. The largest absolute Gasteiger partial charge is 0.464 e. The summed E-state index contributed by atoms with van der Waals surface area (Å²) in [5, 5.41) is 1.04. The summed E-state index contributed by atoms with van der Waals surface area (Å²) >= 11 is 0. The van der Waals surface area contributed by atoms with Crippen LogP contribution in [0.25, 0.3) is 22.0 Å². The Bertz CT molecular complexity index is 810. The Labute approximate surface area is 123 Å². The number of rotatable bonds is 2. The van der Waals surface area contributed by atoms with E-state index in [1.165, 1.54) is 7.11 Å². The molecule has 0 bridgehead atoms. The molecule has 0 radical (unpaired) electrons. The Morgan fingerprint density at radius 3 is 2.52 bits per heavy atom. The lowest BCUT2D eigenvalue weighted by Gasteiger charge is -2.10. The van der Waals surface area contributed by atoms with Gasteiger partial charge in [0.1, 0.15) is 5.69 Å². The number of esters is 1. The fourth-order valence-corrected chi connectivity index (χ4v) is 2.41. The molecule has 3 rings (SSSR count). The van der Waals surface area contributed by atoms with Crippen LogP contribution in [-0.4, -0.2) is 18.1 Å². The molecule has 0 amide bonds. The van der Waals surface area contributed by atoms with Crippen LogP contribution >= 0.6 is 0 Å². The summed E-state index contributed by atoms with van der Waals surface area (Å²) < 4.78 is 4.80. The Hall–Kier alpha value is -2.68. The number of nitrogens with zero attached hydrogens (tertiary/aromatic N) is 1. The van der Waals surface area contributed by atoms with Gasteiger partial charge in [0.25, 0.3) is 0 Å². The molecule has 3 heteroatoms. The van der Waals surface area contributed by atoms with Crippen molar-refractivity contribution in [3.63, 3.8) is 0 Å². The van der Waals surface area contributed by atoms with Crippen molar-refractivity contribution in [2.24, 2.45) is 0 Å². The molecule has 21 heavy (non-hydrogen) atoms. The third kappa shape index (κ3) is 2.50. The second-order valence-corrected chi connectivity index (χ2v) is 4.93. The Morgan fingerprint density at radius 1 is 1.05 bits per heavy atom. The quantitative estimate of drug-likeness (QED) is 0.665. The van der Waals surface area contributed by atoms with Crippen molar-refractivity contribution in [2.75, 3.05) is 7.11 Å². The minimum atomic E-state index is -0.422. The number of carbonyl (C=O) groups excluding carboxylic acids is 1. The van der Waals surface area contributed by atoms with Crippen molar-refractivity contribution in [2.45, 2.75) is 6.92 Å². The molecule has 0 N–H and O–H groups in total. The van der Waals surface area contributed by atoms with Gasteiger partial charge in [-0.2, -0.15) is 0 Å². The molecular formula is C18H15NO2. The number of pyridine rings is 1. The normalized spacial score (nSPS) is 10.6. The molecule has 3 aromatic rings. The molecule has 0 unspecified atom stereocenters. The van der Waals surface area contributed by atoms with Crippen molar-refractivity contribution in [3.8, 4) is 11.1 Å². The second-order valence-electron chi connectivity index (χ2n) is 4.93.